The van der Waals surface area contributed by atoms with Gasteiger partial charge in [0.1, 0.15) is 0 Å². The Morgan fingerprint density at radius 2 is 1.76 bits per heavy atom. The van der Waals surface area contributed by atoms with Crippen LogP contribution >= 0.6 is 11.3 Å². The molecule has 2 aromatic rings. The largest absolute Gasteiger partial charge is 0.396 e. The van der Waals surface area contributed by atoms with Gasteiger partial charge in [-0.05, 0) is 49.7 Å². The predicted octanol–water partition coefficient (Wildman–Crippen LogP) is 2.75. The number of piperazine rings is 1. The number of rotatable bonds is 6. The lowest BCUT2D eigenvalue weighted by atomic mass is 9.47. The number of carbonyl (C=O) groups excluding carboxylic acids is 2. The highest BCUT2D eigenvalue weighted by Crippen LogP contribution is 2.63. The Morgan fingerprint density at radius 1 is 1.12 bits per heavy atom. The Bertz CT molecular complexity index is 1420. The van der Waals surface area contributed by atoms with E-state index in [0.717, 1.165) is 16.1 Å². The van der Waals surface area contributed by atoms with Crippen molar-refractivity contribution >= 4 is 38.3 Å². The smallest absolute Gasteiger partial charge is 0.263 e. The minimum atomic E-state index is -3.87. The van der Waals surface area contributed by atoms with Crippen molar-refractivity contribution in [2.75, 3.05) is 37.5 Å². The van der Waals surface area contributed by atoms with Crippen molar-refractivity contribution < 1.29 is 28.2 Å². The number of nitrogens with one attached hydrogen (secondary N) is 1. The summed E-state index contributed by atoms with van der Waals surface area (Å²) in [6, 6.07) is 6.60. The zero-order valence-corrected chi connectivity index (χ0v) is 25.7. The van der Waals surface area contributed by atoms with Gasteiger partial charge in [-0.15, -0.1) is 11.3 Å². The van der Waals surface area contributed by atoms with Crippen molar-refractivity contribution in [3.8, 4) is 0 Å². The first-order valence-electron chi connectivity index (χ1n) is 14.2. The molecule has 224 valence electrons. The average molecular weight is 605 g/mol. The maximum Gasteiger partial charge on any atom is 0.263 e. The molecule has 1 saturated heterocycles. The molecular formula is C29H40N4O6S2. The van der Waals surface area contributed by atoms with E-state index < -0.39 is 27.0 Å². The minimum absolute atomic E-state index is 0.00322. The van der Waals surface area contributed by atoms with E-state index in [-0.39, 0.29) is 46.7 Å². The van der Waals surface area contributed by atoms with Crippen LogP contribution in [0.3, 0.4) is 0 Å². The highest BCUT2D eigenvalue weighted by molar-refractivity contribution is 7.93. The van der Waals surface area contributed by atoms with Crippen molar-refractivity contribution in [1.82, 2.24) is 14.8 Å². The van der Waals surface area contributed by atoms with E-state index in [1.807, 2.05) is 13.8 Å². The van der Waals surface area contributed by atoms with E-state index in [0.29, 0.717) is 45.4 Å². The molecule has 1 saturated carbocycles. The molecule has 3 N–H and O–H groups in total. The van der Waals surface area contributed by atoms with Crippen LogP contribution in [0.1, 0.15) is 62.1 Å². The number of amides is 2. The van der Waals surface area contributed by atoms with Crippen molar-refractivity contribution in [2.45, 2.75) is 70.3 Å². The molecule has 2 amide bonds. The molecule has 0 radical (unpaired) electrons. The molecule has 5 atom stereocenters. The molecular weight excluding hydrogens is 564 g/mol. The maximum atomic E-state index is 13.7. The Morgan fingerprint density at radius 3 is 2.37 bits per heavy atom. The van der Waals surface area contributed by atoms with Crippen LogP contribution in [0.25, 0.3) is 0 Å². The number of hydrogen-bond donors (Lipinski definition) is 3. The predicted molar refractivity (Wildman–Crippen MR) is 156 cm³/mol. The summed E-state index contributed by atoms with van der Waals surface area (Å²) in [4.78, 5) is 34.8. The number of anilines is 1. The van der Waals surface area contributed by atoms with Gasteiger partial charge >= 0.3 is 0 Å². The summed E-state index contributed by atoms with van der Waals surface area (Å²) in [6.45, 7) is 9.18. The lowest BCUT2D eigenvalue weighted by Crippen LogP contribution is -2.58. The number of aliphatic hydroxyl groups is 2. The van der Waals surface area contributed by atoms with Crippen LogP contribution in [0.5, 0.6) is 0 Å². The van der Waals surface area contributed by atoms with E-state index in [1.54, 1.807) is 34.1 Å². The number of aryl methyl sites for hydroxylation is 1. The Labute approximate surface area is 245 Å². The Hall–Kier alpha value is -2.54. The topological polar surface area (TPSA) is 140 Å². The molecule has 41 heavy (non-hydrogen) atoms. The third-order valence-corrected chi connectivity index (χ3v) is 12.4. The molecule has 0 bridgehead atoms. The number of aromatic nitrogens is 1. The molecule has 2 aliphatic carbocycles. The van der Waals surface area contributed by atoms with Gasteiger partial charge in [0.15, 0.2) is 5.13 Å². The van der Waals surface area contributed by atoms with Gasteiger partial charge in [-0.1, -0.05) is 31.5 Å². The normalized spacial score (nSPS) is 30.0. The molecule has 5 rings (SSSR count). The van der Waals surface area contributed by atoms with Gasteiger partial charge in [0.25, 0.3) is 10.0 Å². The summed E-state index contributed by atoms with van der Waals surface area (Å²) in [6.07, 6.45) is 1.19. The minimum Gasteiger partial charge on any atom is -0.396 e. The van der Waals surface area contributed by atoms with Crippen LogP contribution in [-0.4, -0.2) is 84.1 Å². The number of thiazole rings is 1. The molecule has 10 nitrogen and oxygen atoms in total. The second-order valence-corrected chi connectivity index (χ2v) is 15.1. The summed E-state index contributed by atoms with van der Waals surface area (Å²) in [5, 5.41) is 21.7. The molecule has 2 heterocycles. The summed E-state index contributed by atoms with van der Waals surface area (Å²) in [7, 11) is -3.87. The Kier molecular flexibility index (Phi) is 7.99. The summed E-state index contributed by atoms with van der Waals surface area (Å²) < 4.78 is 29.0. The molecule has 1 aromatic heterocycles. The van der Waals surface area contributed by atoms with E-state index in [2.05, 4.69) is 11.6 Å². The molecule has 1 aromatic carbocycles. The summed E-state index contributed by atoms with van der Waals surface area (Å²) in [5.74, 6) is -0.485. The fourth-order valence-corrected chi connectivity index (χ4v) is 9.46. The number of benzene rings is 1. The van der Waals surface area contributed by atoms with Gasteiger partial charge in [0, 0.05) is 55.7 Å². The quantitative estimate of drug-likeness (QED) is 0.461. The Balaban J connectivity index is 1.48. The number of carbonyl (C=O) groups is 2. The lowest BCUT2D eigenvalue weighted by molar-refractivity contribution is -0.149. The molecule has 5 unspecified atom stereocenters. The van der Waals surface area contributed by atoms with Crippen LogP contribution in [-0.2, 0) is 26.0 Å². The number of nitrogens with zero attached hydrogens (tertiary/aromatic N) is 3. The first kappa shape index (κ1) is 29.9. The van der Waals surface area contributed by atoms with Crippen LogP contribution in [0.2, 0.25) is 0 Å². The molecule has 12 heteroatoms. The van der Waals surface area contributed by atoms with Gasteiger partial charge in [-0.2, -0.15) is 0 Å². The van der Waals surface area contributed by atoms with Gasteiger partial charge in [-0.25, -0.2) is 13.4 Å². The molecule has 2 fully saturated rings. The van der Waals surface area contributed by atoms with Crippen LogP contribution in [0, 0.1) is 23.7 Å². The van der Waals surface area contributed by atoms with E-state index in [1.165, 1.54) is 18.3 Å². The summed E-state index contributed by atoms with van der Waals surface area (Å²) >= 11 is 1.26. The number of hydrogen-bond acceptors (Lipinski definition) is 8. The van der Waals surface area contributed by atoms with Crippen molar-refractivity contribution in [2.24, 2.45) is 16.7 Å². The highest BCUT2D eigenvalue weighted by atomic mass is 32.2. The van der Waals surface area contributed by atoms with Crippen molar-refractivity contribution in [1.29, 1.82) is 0 Å². The highest BCUT2D eigenvalue weighted by Gasteiger charge is 2.59. The fraction of sp³-hybridized carbons (Fsp3) is 0.621. The lowest BCUT2D eigenvalue weighted by Gasteiger charge is -2.58. The maximum absolute atomic E-state index is 13.7. The van der Waals surface area contributed by atoms with Crippen LogP contribution in [0.15, 0.2) is 29.2 Å². The SMILES string of the molecule is CC(=O)N1CCN(C(=O)CC2c3nc(NS(=O)(=O)c4ccc(C)cc4)sc3CC3C(C)(CO)C(O)CCC23C)CC1. The first-order valence-corrected chi connectivity index (χ1v) is 16.5. The van der Waals surface area contributed by atoms with Gasteiger partial charge < -0.3 is 20.0 Å². The fourth-order valence-electron chi connectivity index (χ4n) is 7.16. The van der Waals surface area contributed by atoms with Gasteiger partial charge in [-0.3, -0.25) is 14.3 Å². The third kappa shape index (κ3) is 5.39. The standard InChI is InChI=1S/C29H40N4O6S2/c1-18-5-7-20(8-6-18)41(38,39)31-27-30-26-21(15-25(37)33-13-11-32(12-14-33)19(2)35)28(3)10-9-24(36)29(4,17-34)23(28)16-22(26)40-27/h5-8,21,23-24,34,36H,9-17H2,1-4H3,(H,30,31). The molecule has 1 aliphatic heterocycles. The van der Waals surface area contributed by atoms with E-state index in [4.69, 9.17) is 4.98 Å². The first-order chi connectivity index (χ1) is 19.3. The van der Waals surface area contributed by atoms with E-state index in [9.17, 15) is 28.2 Å². The zero-order chi connectivity index (χ0) is 29.7. The van der Waals surface area contributed by atoms with Gasteiger partial charge in [0.05, 0.1) is 23.3 Å². The second-order valence-electron chi connectivity index (χ2n) is 12.4. The number of sulfonamides is 1. The second kappa shape index (κ2) is 10.9. The number of aliphatic hydroxyl groups excluding tert-OH is 2. The van der Waals surface area contributed by atoms with Crippen molar-refractivity contribution in [3.05, 3.63) is 40.4 Å². The molecule has 0 spiro atoms. The average Bonchev–Trinajstić information content (AvgIpc) is 3.33. The van der Waals surface area contributed by atoms with E-state index >= 15 is 0 Å². The van der Waals surface area contributed by atoms with Gasteiger partial charge in [0.2, 0.25) is 11.8 Å². The molecule has 3 aliphatic rings. The van der Waals surface area contributed by atoms with Crippen LogP contribution < -0.4 is 4.72 Å². The monoisotopic (exact) mass is 604 g/mol. The summed E-state index contributed by atoms with van der Waals surface area (Å²) in [5.41, 5.74) is 0.462. The zero-order valence-electron chi connectivity index (χ0n) is 24.1. The third-order valence-electron chi connectivity index (χ3n) is 9.90. The van der Waals surface area contributed by atoms with Crippen molar-refractivity contribution in [3.63, 3.8) is 0 Å². The number of fused-ring (bicyclic) bond motifs is 2. The van der Waals surface area contributed by atoms with Crippen LogP contribution in [0.4, 0.5) is 5.13 Å².